The zero-order chi connectivity index (χ0) is 23.1. The monoisotopic (exact) mass is 452 g/mol. The molecule has 32 heavy (non-hydrogen) atoms. The number of carboxylic acid groups (broad SMARTS) is 1. The minimum Gasteiger partial charge on any atom is -0.550 e. The predicted molar refractivity (Wildman–Crippen MR) is 117 cm³/mol. The fourth-order valence-corrected chi connectivity index (χ4v) is 3.65. The SMILES string of the molecule is CCc1cc(C(C)C)c(/C=C/C(O)CC(O)CC(=O)[O-])c(-c2ccc(F)cc2)c1OC.[Na+]. The van der Waals surface area contributed by atoms with Gasteiger partial charge in [-0.05, 0) is 46.7 Å². The van der Waals surface area contributed by atoms with Crippen molar-refractivity contribution in [2.75, 3.05) is 7.11 Å². The van der Waals surface area contributed by atoms with Crippen LogP contribution in [0.15, 0.2) is 36.4 Å². The van der Waals surface area contributed by atoms with Gasteiger partial charge in [0, 0.05) is 24.4 Å². The first-order chi connectivity index (χ1) is 14.7. The molecular formula is C25H30FNaO5. The Morgan fingerprint density at radius 2 is 1.84 bits per heavy atom. The van der Waals surface area contributed by atoms with Crippen molar-refractivity contribution < 1.29 is 58.8 Å². The van der Waals surface area contributed by atoms with E-state index < -0.39 is 24.6 Å². The number of rotatable bonds is 10. The molecule has 0 heterocycles. The number of aliphatic hydroxyl groups is 2. The summed E-state index contributed by atoms with van der Waals surface area (Å²) in [6.45, 7) is 6.16. The summed E-state index contributed by atoms with van der Waals surface area (Å²) >= 11 is 0. The number of benzene rings is 2. The third-order valence-electron chi connectivity index (χ3n) is 5.17. The van der Waals surface area contributed by atoms with Gasteiger partial charge in [-0.25, -0.2) is 4.39 Å². The van der Waals surface area contributed by atoms with Crippen LogP contribution in [0.3, 0.4) is 0 Å². The van der Waals surface area contributed by atoms with Gasteiger partial charge in [0.1, 0.15) is 11.6 Å². The molecule has 0 aliphatic carbocycles. The molecule has 5 nitrogen and oxygen atoms in total. The van der Waals surface area contributed by atoms with Gasteiger partial charge in [0.25, 0.3) is 0 Å². The number of halogens is 1. The summed E-state index contributed by atoms with van der Waals surface area (Å²) in [5, 5.41) is 30.7. The Morgan fingerprint density at radius 1 is 1.22 bits per heavy atom. The topological polar surface area (TPSA) is 89.8 Å². The third kappa shape index (κ3) is 7.42. The summed E-state index contributed by atoms with van der Waals surface area (Å²) in [5.41, 5.74) is 4.46. The number of ether oxygens (including phenoxy) is 1. The predicted octanol–water partition coefficient (Wildman–Crippen LogP) is 0.456. The summed E-state index contributed by atoms with van der Waals surface area (Å²) in [6, 6.07) is 8.23. The largest absolute Gasteiger partial charge is 1.00 e. The molecule has 0 amide bonds. The number of methoxy groups -OCH3 is 1. The standard InChI is InChI=1S/C25H31FO5.Na/c1-5-16-12-22(15(2)3)21(11-10-19(27)13-20(28)14-23(29)30)24(25(16)31-4)17-6-8-18(26)9-7-17;/h6-12,15,19-20,27-28H,5,13-14H2,1-4H3,(H,29,30);/q;+1/p-1/b11-10+;. The van der Waals surface area contributed by atoms with Crippen LogP contribution in [0.1, 0.15) is 56.2 Å². The smallest absolute Gasteiger partial charge is 0.550 e. The molecule has 0 aliphatic heterocycles. The molecule has 168 valence electrons. The molecule has 0 fully saturated rings. The maximum absolute atomic E-state index is 13.6. The van der Waals surface area contributed by atoms with E-state index in [1.807, 2.05) is 6.92 Å². The van der Waals surface area contributed by atoms with E-state index in [0.717, 1.165) is 34.2 Å². The van der Waals surface area contributed by atoms with Gasteiger partial charge in [-0.3, -0.25) is 0 Å². The average molecular weight is 452 g/mol. The molecule has 0 bridgehead atoms. The first-order valence-electron chi connectivity index (χ1n) is 10.4. The quantitative estimate of drug-likeness (QED) is 0.511. The number of carbonyl (C=O) groups is 1. The van der Waals surface area contributed by atoms with Gasteiger partial charge in [0.2, 0.25) is 0 Å². The van der Waals surface area contributed by atoms with E-state index in [-0.39, 0.29) is 47.7 Å². The van der Waals surface area contributed by atoms with Gasteiger partial charge in [-0.2, -0.15) is 0 Å². The molecule has 0 radical (unpaired) electrons. The first-order valence-corrected chi connectivity index (χ1v) is 10.4. The molecule has 0 aliphatic rings. The van der Waals surface area contributed by atoms with Crippen molar-refractivity contribution in [1.29, 1.82) is 0 Å². The maximum atomic E-state index is 13.6. The van der Waals surface area contributed by atoms with Crippen molar-refractivity contribution >= 4 is 12.0 Å². The van der Waals surface area contributed by atoms with E-state index in [4.69, 9.17) is 4.74 Å². The molecule has 2 rings (SSSR count). The summed E-state index contributed by atoms with van der Waals surface area (Å²) in [7, 11) is 1.59. The van der Waals surface area contributed by atoms with Gasteiger partial charge < -0.3 is 24.9 Å². The zero-order valence-electron chi connectivity index (χ0n) is 19.4. The molecular weight excluding hydrogens is 422 g/mol. The Kier molecular flexibility index (Phi) is 11.6. The van der Waals surface area contributed by atoms with Crippen LogP contribution in [-0.4, -0.2) is 35.5 Å². The van der Waals surface area contributed by atoms with E-state index in [1.165, 1.54) is 18.2 Å². The normalized spacial score (nSPS) is 13.1. The van der Waals surface area contributed by atoms with Crippen LogP contribution in [0.4, 0.5) is 4.39 Å². The molecule has 2 atom stereocenters. The number of aryl methyl sites for hydroxylation is 1. The van der Waals surface area contributed by atoms with E-state index in [9.17, 15) is 24.5 Å². The summed E-state index contributed by atoms with van der Waals surface area (Å²) in [5.74, 6) is -0.863. The fourth-order valence-electron chi connectivity index (χ4n) is 3.65. The molecule has 2 N–H and O–H groups in total. The second-order valence-electron chi connectivity index (χ2n) is 7.85. The van der Waals surface area contributed by atoms with Crippen molar-refractivity contribution in [2.24, 2.45) is 0 Å². The molecule has 0 aromatic heterocycles. The van der Waals surface area contributed by atoms with Crippen LogP contribution >= 0.6 is 0 Å². The van der Waals surface area contributed by atoms with Crippen LogP contribution in [0.2, 0.25) is 0 Å². The van der Waals surface area contributed by atoms with E-state index in [2.05, 4.69) is 19.9 Å². The fraction of sp³-hybridized carbons (Fsp3) is 0.400. The Labute approximate surface area is 211 Å². The Balaban J connectivity index is 0.00000512. The average Bonchev–Trinajstić information content (AvgIpc) is 2.70. The van der Waals surface area contributed by atoms with E-state index in [0.29, 0.717) is 5.75 Å². The summed E-state index contributed by atoms with van der Waals surface area (Å²) in [6.07, 6.45) is 1.11. The molecule has 0 saturated carbocycles. The minimum absolute atomic E-state index is 0. The van der Waals surface area contributed by atoms with Gasteiger partial charge in [0.05, 0.1) is 19.3 Å². The van der Waals surface area contributed by atoms with E-state index >= 15 is 0 Å². The van der Waals surface area contributed by atoms with Crippen molar-refractivity contribution in [3.8, 4) is 16.9 Å². The minimum atomic E-state index is -1.37. The number of aliphatic hydroxyl groups excluding tert-OH is 2. The Hall–Kier alpha value is -1.70. The second kappa shape index (κ2) is 13.1. The van der Waals surface area contributed by atoms with Crippen LogP contribution < -0.4 is 39.4 Å². The maximum Gasteiger partial charge on any atom is 1.00 e. The second-order valence-corrected chi connectivity index (χ2v) is 7.85. The number of hydrogen-bond acceptors (Lipinski definition) is 5. The number of aliphatic carboxylic acids is 1. The van der Waals surface area contributed by atoms with Crippen LogP contribution in [-0.2, 0) is 11.2 Å². The van der Waals surface area contributed by atoms with Crippen LogP contribution in [0.5, 0.6) is 5.75 Å². The summed E-state index contributed by atoms with van der Waals surface area (Å²) < 4.78 is 19.3. The zero-order valence-corrected chi connectivity index (χ0v) is 21.4. The van der Waals surface area contributed by atoms with Gasteiger partial charge >= 0.3 is 29.6 Å². The summed E-state index contributed by atoms with van der Waals surface area (Å²) in [4.78, 5) is 10.6. The van der Waals surface area contributed by atoms with Crippen molar-refractivity contribution in [3.63, 3.8) is 0 Å². The molecule has 2 unspecified atom stereocenters. The third-order valence-corrected chi connectivity index (χ3v) is 5.17. The number of carbonyl (C=O) groups excluding carboxylic acids is 1. The number of hydrogen-bond donors (Lipinski definition) is 2. The molecule has 7 heteroatoms. The Morgan fingerprint density at radius 3 is 2.34 bits per heavy atom. The molecule has 2 aromatic carbocycles. The number of carboxylic acids is 1. The van der Waals surface area contributed by atoms with E-state index in [1.54, 1.807) is 25.3 Å². The van der Waals surface area contributed by atoms with Crippen LogP contribution in [0, 0.1) is 5.82 Å². The van der Waals surface area contributed by atoms with Crippen molar-refractivity contribution in [1.82, 2.24) is 0 Å². The first kappa shape index (κ1) is 28.3. The van der Waals surface area contributed by atoms with Crippen molar-refractivity contribution in [3.05, 3.63) is 58.9 Å². The molecule has 0 spiro atoms. The van der Waals surface area contributed by atoms with Crippen molar-refractivity contribution in [2.45, 2.75) is 58.2 Å². The molecule has 2 aromatic rings. The molecule has 0 saturated heterocycles. The van der Waals surface area contributed by atoms with Crippen LogP contribution in [0.25, 0.3) is 17.2 Å². The Bertz CT molecular complexity index is 925. The van der Waals surface area contributed by atoms with Gasteiger partial charge in [-0.15, -0.1) is 0 Å². The van der Waals surface area contributed by atoms with Gasteiger partial charge in [0.15, 0.2) is 0 Å². The van der Waals surface area contributed by atoms with Gasteiger partial charge in [-0.1, -0.05) is 51.1 Å².